The van der Waals surface area contributed by atoms with Crippen LogP contribution in [-0.4, -0.2) is 25.1 Å². The van der Waals surface area contributed by atoms with Crippen LogP contribution in [0.4, 0.5) is 13.2 Å². The monoisotopic (exact) mass is 364 g/mol. The van der Waals surface area contributed by atoms with Crippen LogP contribution in [0.5, 0.6) is 11.5 Å². The van der Waals surface area contributed by atoms with Gasteiger partial charge in [-0.1, -0.05) is 11.2 Å². The highest BCUT2D eigenvalue weighted by molar-refractivity contribution is 6.47. The van der Waals surface area contributed by atoms with Crippen molar-refractivity contribution in [1.82, 2.24) is 0 Å². The number of halogens is 3. The molecule has 2 aromatic rings. The zero-order chi connectivity index (χ0) is 19.2. The van der Waals surface area contributed by atoms with Gasteiger partial charge < -0.3 is 9.57 Å². The second-order valence-electron chi connectivity index (χ2n) is 5.32. The maximum Gasteiger partial charge on any atom is 0.416 e. The molecule has 7 heteroatoms. The fourth-order valence-electron chi connectivity index (χ4n) is 2.26. The van der Waals surface area contributed by atoms with E-state index in [9.17, 15) is 13.2 Å². The average Bonchev–Trinajstić information content (AvgIpc) is 2.61. The minimum absolute atomic E-state index is 0.117. The molecule has 4 nitrogen and oxygen atoms in total. The molecule has 0 aliphatic heterocycles. The molecule has 0 radical (unpaired) electrons. The largest absolute Gasteiger partial charge is 0.457 e. The molecule has 0 spiro atoms. The van der Waals surface area contributed by atoms with Crippen LogP contribution < -0.4 is 4.74 Å². The lowest BCUT2D eigenvalue weighted by Gasteiger charge is -2.11. The van der Waals surface area contributed by atoms with Gasteiger partial charge in [-0.05, 0) is 56.3 Å². The molecule has 0 amide bonds. The standard InChI is InChI=1S/C19H19F3N2O2/c1-4-25-24-13(2)18(23-3)14-8-10-16(11-9-14)26-17-7-5-6-15(12-17)19(20,21)22/h5-12H,4H2,1-3H3/b23-18?,24-13+. The highest BCUT2D eigenvalue weighted by Crippen LogP contribution is 2.32. The minimum atomic E-state index is -4.41. The zero-order valence-electron chi connectivity index (χ0n) is 14.7. The molecule has 0 heterocycles. The molecule has 26 heavy (non-hydrogen) atoms. The molecule has 0 bridgehead atoms. The van der Waals surface area contributed by atoms with Crippen molar-refractivity contribution in [1.29, 1.82) is 0 Å². The second-order valence-corrected chi connectivity index (χ2v) is 5.32. The number of nitrogens with zero attached hydrogens (tertiary/aromatic N) is 2. The predicted octanol–water partition coefficient (Wildman–Crippen LogP) is 5.33. The van der Waals surface area contributed by atoms with Crippen LogP contribution in [0, 0.1) is 0 Å². The zero-order valence-corrected chi connectivity index (χ0v) is 14.7. The summed E-state index contributed by atoms with van der Waals surface area (Å²) in [6.07, 6.45) is -4.41. The number of hydrogen-bond donors (Lipinski definition) is 0. The van der Waals surface area contributed by atoms with E-state index in [0.29, 0.717) is 23.8 Å². The van der Waals surface area contributed by atoms with Gasteiger partial charge in [-0.15, -0.1) is 0 Å². The Morgan fingerprint density at radius 1 is 1.04 bits per heavy atom. The van der Waals surface area contributed by atoms with Crippen LogP contribution in [-0.2, 0) is 11.0 Å². The smallest absolute Gasteiger partial charge is 0.416 e. The van der Waals surface area contributed by atoms with Gasteiger partial charge in [-0.25, -0.2) is 0 Å². The number of rotatable bonds is 6. The van der Waals surface area contributed by atoms with E-state index >= 15 is 0 Å². The molecule has 0 aliphatic rings. The molecule has 0 aliphatic carbocycles. The van der Waals surface area contributed by atoms with Crippen molar-refractivity contribution in [3.8, 4) is 11.5 Å². The van der Waals surface area contributed by atoms with Crippen molar-refractivity contribution in [2.75, 3.05) is 13.7 Å². The molecule has 0 N–H and O–H groups in total. The number of aliphatic imine (C=N–C) groups is 1. The molecule has 138 valence electrons. The van der Waals surface area contributed by atoms with E-state index in [-0.39, 0.29) is 5.75 Å². The summed E-state index contributed by atoms with van der Waals surface area (Å²) in [5.74, 6) is 0.536. The Kier molecular flexibility index (Phi) is 6.38. The topological polar surface area (TPSA) is 43.2 Å². The minimum Gasteiger partial charge on any atom is -0.457 e. The Balaban J connectivity index is 2.17. The first-order chi connectivity index (χ1) is 12.3. The van der Waals surface area contributed by atoms with Gasteiger partial charge in [-0.2, -0.15) is 13.2 Å². The van der Waals surface area contributed by atoms with Gasteiger partial charge in [0.1, 0.15) is 23.8 Å². The van der Waals surface area contributed by atoms with Crippen LogP contribution in [0.1, 0.15) is 25.0 Å². The summed E-state index contributed by atoms with van der Waals surface area (Å²) in [4.78, 5) is 9.23. The van der Waals surface area contributed by atoms with Gasteiger partial charge in [0.05, 0.1) is 11.3 Å². The second kappa shape index (κ2) is 8.51. The van der Waals surface area contributed by atoms with Crippen LogP contribution in [0.25, 0.3) is 0 Å². The van der Waals surface area contributed by atoms with Gasteiger partial charge in [0, 0.05) is 12.6 Å². The molecule has 0 saturated heterocycles. The Morgan fingerprint density at radius 3 is 2.31 bits per heavy atom. The highest BCUT2D eigenvalue weighted by Gasteiger charge is 2.30. The van der Waals surface area contributed by atoms with Crippen LogP contribution >= 0.6 is 0 Å². The van der Waals surface area contributed by atoms with E-state index in [1.54, 1.807) is 38.2 Å². The third-order valence-electron chi connectivity index (χ3n) is 3.42. The van der Waals surface area contributed by atoms with Gasteiger partial charge in [0.2, 0.25) is 0 Å². The summed E-state index contributed by atoms with van der Waals surface area (Å²) < 4.78 is 43.8. The molecular weight excluding hydrogens is 345 g/mol. The van der Waals surface area contributed by atoms with E-state index in [1.807, 2.05) is 6.92 Å². The van der Waals surface area contributed by atoms with Crippen LogP contribution in [0.3, 0.4) is 0 Å². The molecule has 0 saturated carbocycles. The number of oxime groups is 1. The molecule has 2 rings (SSSR count). The van der Waals surface area contributed by atoms with Crippen molar-refractivity contribution < 1.29 is 22.7 Å². The Bertz CT molecular complexity index is 797. The van der Waals surface area contributed by atoms with E-state index in [1.165, 1.54) is 12.1 Å². The summed E-state index contributed by atoms with van der Waals surface area (Å²) in [6, 6.07) is 11.6. The maximum atomic E-state index is 12.8. The SMILES string of the molecule is CCO/N=C(\C)C(=NC)c1ccc(Oc2cccc(C(F)(F)F)c2)cc1. The summed E-state index contributed by atoms with van der Waals surface area (Å²) in [6.45, 7) is 4.07. The van der Waals surface area contributed by atoms with Gasteiger partial charge in [0.15, 0.2) is 0 Å². The molecule has 0 aromatic heterocycles. The van der Waals surface area contributed by atoms with Crippen LogP contribution in [0.15, 0.2) is 58.7 Å². The summed E-state index contributed by atoms with van der Waals surface area (Å²) in [7, 11) is 1.65. The van der Waals surface area contributed by atoms with E-state index < -0.39 is 11.7 Å². The van der Waals surface area contributed by atoms with E-state index in [0.717, 1.165) is 17.7 Å². The first-order valence-corrected chi connectivity index (χ1v) is 7.94. The first kappa shape index (κ1) is 19.5. The third-order valence-corrected chi connectivity index (χ3v) is 3.42. The van der Waals surface area contributed by atoms with Gasteiger partial charge >= 0.3 is 6.18 Å². The number of benzene rings is 2. The Labute approximate surface area is 150 Å². The van der Waals surface area contributed by atoms with Gasteiger partial charge in [-0.3, -0.25) is 4.99 Å². The molecule has 0 fully saturated rings. The lowest BCUT2D eigenvalue weighted by molar-refractivity contribution is -0.137. The number of alkyl halides is 3. The lowest BCUT2D eigenvalue weighted by Crippen LogP contribution is -2.12. The predicted molar refractivity (Wildman–Crippen MR) is 95.2 cm³/mol. The number of ether oxygens (including phenoxy) is 1. The maximum absolute atomic E-state index is 12.8. The van der Waals surface area contributed by atoms with Crippen molar-refractivity contribution in [3.05, 3.63) is 59.7 Å². The van der Waals surface area contributed by atoms with Crippen molar-refractivity contribution in [3.63, 3.8) is 0 Å². The summed E-state index contributed by atoms with van der Waals surface area (Å²) in [5, 5.41) is 3.96. The van der Waals surface area contributed by atoms with Crippen molar-refractivity contribution >= 4 is 11.4 Å². The molecule has 0 unspecified atom stereocenters. The molecule has 2 aromatic carbocycles. The fourth-order valence-corrected chi connectivity index (χ4v) is 2.26. The first-order valence-electron chi connectivity index (χ1n) is 7.94. The quantitative estimate of drug-likeness (QED) is 0.514. The van der Waals surface area contributed by atoms with Crippen molar-refractivity contribution in [2.24, 2.45) is 10.1 Å². The third kappa shape index (κ3) is 5.08. The van der Waals surface area contributed by atoms with E-state index in [2.05, 4.69) is 10.1 Å². The fraction of sp³-hybridized carbons (Fsp3) is 0.263. The summed E-state index contributed by atoms with van der Waals surface area (Å²) >= 11 is 0. The van der Waals surface area contributed by atoms with Gasteiger partial charge in [0.25, 0.3) is 0 Å². The normalized spacial score (nSPS) is 12.8. The number of hydrogen-bond acceptors (Lipinski definition) is 4. The van der Waals surface area contributed by atoms with E-state index in [4.69, 9.17) is 9.57 Å². The van der Waals surface area contributed by atoms with Crippen LogP contribution in [0.2, 0.25) is 0 Å². The molecule has 0 atom stereocenters. The summed E-state index contributed by atoms with van der Waals surface area (Å²) in [5.41, 5.74) is 1.32. The Morgan fingerprint density at radius 2 is 1.73 bits per heavy atom. The Hall–Kier alpha value is -2.83. The average molecular weight is 364 g/mol. The molecular formula is C19H19F3N2O2. The highest BCUT2D eigenvalue weighted by atomic mass is 19.4. The lowest BCUT2D eigenvalue weighted by atomic mass is 10.1. The van der Waals surface area contributed by atoms with Crippen molar-refractivity contribution in [2.45, 2.75) is 20.0 Å².